The summed E-state index contributed by atoms with van der Waals surface area (Å²) in [7, 11) is 0. The molecule has 3 nitrogen and oxygen atoms in total. The molecule has 0 bridgehead atoms. The molecule has 122 valence electrons. The van der Waals surface area contributed by atoms with E-state index in [1.54, 1.807) is 0 Å². The smallest absolute Gasteiger partial charge is 0.0781 e. The SMILES string of the molecule is CCCCCCCCOCC(C)OCC(C)OCCC. The Labute approximate surface area is 126 Å². The molecule has 20 heavy (non-hydrogen) atoms. The van der Waals surface area contributed by atoms with Crippen LogP contribution < -0.4 is 0 Å². The number of rotatable bonds is 15. The van der Waals surface area contributed by atoms with Crippen LogP contribution in [0.15, 0.2) is 0 Å². The van der Waals surface area contributed by atoms with Crippen molar-refractivity contribution in [2.24, 2.45) is 0 Å². The molecule has 0 saturated carbocycles. The summed E-state index contributed by atoms with van der Waals surface area (Å²) in [5, 5.41) is 0. The van der Waals surface area contributed by atoms with Crippen molar-refractivity contribution in [3.05, 3.63) is 0 Å². The van der Waals surface area contributed by atoms with E-state index in [9.17, 15) is 0 Å². The van der Waals surface area contributed by atoms with Crippen molar-refractivity contribution in [1.29, 1.82) is 0 Å². The molecule has 0 spiro atoms. The van der Waals surface area contributed by atoms with Crippen LogP contribution in [0.3, 0.4) is 0 Å². The summed E-state index contributed by atoms with van der Waals surface area (Å²) in [6.07, 6.45) is 9.24. The fourth-order valence-electron chi connectivity index (χ4n) is 1.95. The maximum absolute atomic E-state index is 5.71. The fourth-order valence-corrected chi connectivity index (χ4v) is 1.95. The van der Waals surface area contributed by atoms with Gasteiger partial charge in [-0.1, -0.05) is 46.0 Å². The Morgan fingerprint density at radius 1 is 0.650 bits per heavy atom. The number of hydrogen-bond acceptors (Lipinski definition) is 3. The van der Waals surface area contributed by atoms with Crippen LogP contribution in [0, 0.1) is 0 Å². The molecule has 0 aromatic heterocycles. The zero-order valence-corrected chi connectivity index (χ0v) is 14.2. The molecule has 2 unspecified atom stereocenters. The fraction of sp³-hybridized carbons (Fsp3) is 1.00. The average molecular weight is 288 g/mol. The lowest BCUT2D eigenvalue weighted by molar-refractivity contribution is -0.0570. The monoisotopic (exact) mass is 288 g/mol. The molecular formula is C17H36O3. The second kappa shape index (κ2) is 15.3. The van der Waals surface area contributed by atoms with Gasteiger partial charge in [-0.25, -0.2) is 0 Å². The third kappa shape index (κ3) is 14.3. The van der Waals surface area contributed by atoms with Gasteiger partial charge in [-0.3, -0.25) is 0 Å². The molecule has 0 aromatic carbocycles. The first-order valence-corrected chi connectivity index (χ1v) is 8.51. The maximum Gasteiger partial charge on any atom is 0.0781 e. The molecule has 0 rings (SSSR count). The molecular weight excluding hydrogens is 252 g/mol. The van der Waals surface area contributed by atoms with Crippen LogP contribution in [0.2, 0.25) is 0 Å². The van der Waals surface area contributed by atoms with E-state index in [2.05, 4.69) is 27.7 Å². The van der Waals surface area contributed by atoms with Crippen molar-refractivity contribution >= 4 is 0 Å². The van der Waals surface area contributed by atoms with Gasteiger partial charge in [-0.2, -0.15) is 0 Å². The summed E-state index contributed by atoms with van der Waals surface area (Å²) in [5.41, 5.74) is 0. The zero-order chi connectivity index (χ0) is 15.1. The van der Waals surface area contributed by atoms with Gasteiger partial charge in [0.25, 0.3) is 0 Å². The molecule has 0 aliphatic heterocycles. The Hall–Kier alpha value is -0.120. The summed E-state index contributed by atoms with van der Waals surface area (Å²) in [6.45, 7) is 11.5. The second-order valence-electron chi connectivity index (χ2n) is 5.67. The Kier molecular flexibility index (Phi) is 15.2. The summed E-state index contributed by atoms with van der Waals surface area (Å²) < 4.78 is 16.9. The van der Waals surface area contributed by atoms with Crippen molar-refractivity contribution in [1.82, 2.24) is 0 Å². The summed E-state index contributed by atoms with van der Waals surface area (Å²) >= 11 is 0. The highest BCUT2D eigenvalue weighted by atomic mass is 16.6. The minimum atomic E-state index is 0.155. The minimum absolute atomic E-state index is 0.155. The highest BCUT2D eigenvalue weighted by molar-refractivity contribution is 4.53. The summed E-state index contributed by atoms with van der Waals surface area (Å²) in [5.74, 6) is 0. The molecule has 0 aromatic rings. The first kappa shape index (κ1) is 19.9. The highest BCUT2D eigenvalue weighted by Crippen LogP contribution is 2.05. The first-order valence-electron chi connectivity index (χ1n) is 8.51. The zero-order valence-electron chi connectivity index (χ0n) is 14.2. The first-order chi connectivity index (χ1) is 9.70. The van der Waals surface area contributed by atoms with E-state index in [1.807, 2.05) is 0 Å². The van der Waals surface area contributed by atoms with Gasteiger partial charge in [0.05, 0.1) is 25.4 Å². The lowest BCUT2D eigenvalue weighted by atomic mass is 10.1. The normalized spacial score (nSPS) is 14.4. The minimum Gasteiger partial charge on any atom is -0.379 e. The Bertz CT molecular complexity index is 185. The van der Waals surface area contributed by atoms with Crippen molar-refractivity contribution in [2.75, 3.05) is 26.4 Å². The molecule has 0 fully saturated rings. The molecule has 0 radical (unpaired) electrons. The van der Waals surface area contributed by atoms with Crippen LogP contribution in [-0.4, -0.2) is 38.6 Å². The van der Waals surface area contributed by atoms with Gasteiger partial charge in [-0.15, -0.1) is 0 Å². The van der Waals surface area contributed by atoms with E-state index < -0.39 is 0 Å². The van der Waals surface area contributed by atoms with Crippen molar-refractivity contribution in [3.63, 3.8) is 0 Å². The van der Waals surface area contributed by atoms with Crippen molar-refractivity contribution in [3.8, 4) is 0 Å². The molecule has 0 saturated heterocycles. The molecule has 0 N–H and O–H groups in total. The third-order valence-corrected chi connectivity index (χ3v) is 3.22. The lowest BCUT2D eigenvalue weighted by Crippen LogP contribution is -2.23. The lowest BCUT2D eigenvalue weighted by Gasteiger charge is -2.17. The summed E-state index contributed by atoms with van der Waals surface area (Å²) in [6, 6.07) is 0. The molecule has 0 aliphatic carbocycles. The molecule has 3 heteroatoms. The van der Waals surface area contributed by atoms with Gasteiger partial charge in [0, 0.05) is 13.2 Å². The Balaban J connectivity index is 3.25. The van der Waals surface area contributed by atoms with Crippen LogP contribution in [0.25, 0.3) is 0 Å². The van der Waals surface area contributed by atoms with Crippen LogP contribution >= 0.6 is 0 Å². The van der Waals surface area contributed by atoms with Gasteiger partial charge in [0.15, 0.2) is 0 Å². The van der Waals surface area contributed by atoms with E-state index in [1.165, 1.54) is 38.5 Å². The van der Waals surface area contributed by atoms with Crippen LogP contribution in [0.5, 0.6) is 0 Å². The Morgan fingerprint density at radius 3 is 2.00 bits per heavy atom. The van der Waals surface area contributed by atoms with E-state index >= 15 is 0 Å². The van der Waals surface area contributed by atoms with Gasteiger partial charge in [0.2, 0.25) is 0 Å². The number of unbranched alkanes of at least 4 members (excludes halogenated alkanes) is 5. The molecule has 0 aliphatic rings. The quantitative estimate of drug-likeness (QED) is 0.413. The van der Waals surface area contributed by atoms with Gasteiger partial charge >= 0.3 is 0 Å². The topological polar surface area (TPSA) is 27.7 Å². The van der Waals surface area contributed by atoms with E-state index in [-0.39, 0.29) is 12.2 Å². The number of hydrogen-bond donors (Lipinski definition) is 0. The molecule has 2 atom stereocenters. The maximum atomic E-state index is 5.71. The Morgan fingerprint density at radius 2 is 1.30 bits per heavy atom. The third-order valence-electron chi connectivity index (χ3n) is 3.22. The highest BCUT2D eigenvalue weighted by Gasteiger charge is 2.06. The molecule has 0 amide bonds. The van der Waals surface area contributed by atoms with Crippen LogP contribution in [-0.2, 0) is 14.2 Å². The van der Waals surface area contributed by atoms with Gasteiger partial charge in [-0.05, 0) is 26.7 Å². The van der Waals surface area contributed by atoms with E-state index in [4.69, 9.17) is 14.2 Å². The van der Waals surface area contributed by atoms with Crippen molar-refractivity contribution < 1.29 is 14.2 Å². The van der Waals surface area contributed by atoms with Crippen LogP contribution in [0.1, 0.15) is 72.6 Å². The van der Waals surface area contributed by atoms with E-state index in [0.29, 0.717) is 13.2 Å². The second-order valence-corrected chi connectivity index (χ2v) is 5.67. The summed E-state index contributed by atoms with van der Waals surface area (Å²) in [4.78, 5) is 0. The van der Waals surface area contributed by atoms with Gasteiger partial charge in [0.1, 0.15) is 0 Å². The largest absolute Gasteiger partial charge is 0.379 e. The average Bonchev–Trinajstić information content (AvgIpc) is 2.45. The standard InChI is InChI=1S/C17H36O3/c1-5-7-8-9-10-11-13-18-14-16(3)20-15-17(4)19-12-6-2/h16-17H,5-15H2,1-4H3. The van der Waals surface area contributed by atoms with E-state index in [0.717, 1.165) is 19.6 Å². The van der Waals surface area contributed by atoms with Crippen molar-refractivity contribution in [2.45, 2.75) is 84.8 Å². The molecule has 0 heterocycles. The van der Waals surface area contributed by atoms with Crippen LogP contribution in [0.4, 0.5) is 0 Å². The predicted molar refractivity (Wildman–Crippen MR) is 85.3 cm³/mol. The van der Waals surface area contributed by atoms with Gasteiger partial charge < -0.3 is 14.2 Å². The number of ether oxygens (including phenoxy) is 3. The predicted octanol–water partition coefficient (Wildman–Crippen LogP) is 4.58.